The number of benzene rings is 4. The smallest absolute Gasteiger partial charge is 0.343 e. The van der Waals surface area contributed by atoms with Crippen LogP contribution in [0.5, 0.6) is 57.5 Å². The van der Waals surface area contributed by atoms with Gasteiger partial charge in [0.2, 0.25) is 11.5 Å². The van der Waals surface area contributed by atoms with E-state index < -0.39 is 11.9 Å². The van der Waals surface area contributed by atoms with Crippen LogP contribution in [-0.2, 0) is 12.8 Å². The van der Waals surface area contributed by atoms with Gasteiger partial charge in [0.05, 0.1) is 53.8 Å². The number of aromatic hydroxyl groups is 2. The van der Waals surface area contributed by atoms with Gasteiger partial charge in [-0.3, -0.25) is 0 Å². The van der Waals surface area contributed by atoms with Crippen molar-refractivity contribution < 1.29 is 67.9 Å². The number of phenols is 2. The summed E-state index contributed by atoms with van der Waals surface area (Å²) < 4.78 is 42.8. The first-order valence-electron chi connectivity index (χ1n) is 16.9. The first kappa shape index (κ1) is 40.9. The molecule has 0 unspecified atom stereocenters. The lowest BCUT2D eigenvalue weighted by Crippen LogP contribution is -2.23. The molecule has 4 rings (SSSR count). The van der Waals surface area contributed by atoms with Crippen LogP contribution in [0.2, 0.25) is 0 Å². The third-order valence-corrected chi connectivity index (χ3v) is 8.88. The van der Waals surface area contributed by atoms with E-state index in [1.54, 1.807) is 12.1 Å². The number of carbonyl (C=O) groups is 2. The summed E-state index contributed by atoms with van der Waals surface area (Å²) in [6.45, 7) is -0.256. The SMILES string of the molecule is COc1cc(C(=O)Oc2ccc(C[C@H](CO)[C@@H](CCCO)Cc3ccc(OC(=O)c4cc(OC)c(OC)c(OC)c4)c(O)c3)cc2O)cc(OC)c1OC. The summed E-state index contributed by atoms with van der Waals surface area (Å²) in [6, 6.07) is 15.0. The highest BCUT2D eigenvalue weighted by atomic mass is 16.6. The maximum Gasteiger partial charge on any atom is 0.343 e. The van der Waals surface area contributed by atoms with E-state index in [1.807, 2.05) is 0 Å². The maximum absolute atomic E-state index is 13.0. The van der Waals surface area contributed by atoms with Crippen LogP contribution >= 0.6 is 0 Å². The predicted molar refractivity (Wildman–Crippen MR) is 196 cm³/mol. The molecule has 2 atom stereocenters. The van der Waals surface area contributed by atoms with Crippen molar-refractivity contribution in [1.82, 2.24) is 0 Å². The average Bonchev–Trinajstić information content (AvgIpc) is 3.18. The Kier molecular flexibility index (Phi) is 14.6. The summed E-state index contributed by atoms with van der Waals surface area (Å²) in [5.41, 5.74) is 1.60. The molecule has 0 aliphatic carbocycles. The number of hydrogen-bond donors (Lipinski definition) is 4. The largest absolute Gasteiger partial charge is 0.504 e. The van der Waals surface area contributed by atoms with Crippen LogP contribution in [0, 0.1) is 11.8 Å². The van der Waals surface area contributed by atoms with Crippen molar-refractivity contribution in [3.05, 3.63) is 82.9 Å². The third-order valence-electron chi connectivity index (χ3n) is 8.88. The highest BCUT2D eigenvalue weighted by molar-refractivity contribution is 5.93. The molecule has 0 radical (unpaired) electrons. The molecule has 0 fully saturated rings. The second-order valence-electron chi connectivity index (χ2n) is 12.2. The minimum atomic E-state index is -0.764. The molecule has 4 N–H and O–H groups in total. The number of hydrogen-bond acceptors (Lipinski definition) is 14. The van der Waals surface area contributed by atoms with E-state index in [2.05, 4.69) is 0 Å². The fourth-order valence-electron chi connectivity index (χ4n) is 6.11. The monoisotopic (exact) mass is 750 g/mol. The van der Waals surface area contributed by atoms with Crippen molar-refractivity contribution in [2.24, 2.45) is 11.8 Å². The molecule has 0 saturated heterocycles. The van der Waals surface area contributed by atoms with Crippen LogP contribution in [0.3, 0.4) is 0 Å². The van der Waals surface area contributed by atoms with Crippen LogP contribution in [0.25, 0.3) is 0 Å². The molecule has 4 aromatic rings. The van der Waals surface area contributed by atoms with Gasteiger partial charge in [-0.25, -0.2) is 9.59 Å². The van der Waals surface area contributed by atoms with Gasteiger partial charge in [0.15, 0.2) is 46.0 Å². The molecular weight excluding hydrogens is 704 g/mol. The number of phenolic OH excluding ortho intramolecular Hbond substituents is 2. The summed E-state index contributed by atoms with van der Waals surface area (Å²) in [6.07, 6.45) is 1.78. The number of methoxy groups -OCH3 is 6. The van der Waals surface area contributed by atoms with Gasteiger partial charge in [-0.05, 0) is 97.2 Å². The Labute approximate surface area is 313 Å². The highest BCUT2D eigenvalue weighted by Crippen LogP contribution is 2.40. The zero-order valence-corrected chi connectivity index (χ0v) is 31.0. The first-order chi connectivity index (χ1) is 26.0. The topological polar surface area (TPSA) is 189 Å². The lowest BCUT2D eigenvalue weighted by Gasteiger charge is -2.26. The molecule has 0 aromatic heterocycles. The zero-order chi connectivity index (χ0) is 39.4. The molecule has 0 saturated carbocycles. The Morgan fingerprint density at radius 1 is 0.537 bits per heavy atom. The first-order valence-corrected chi connectivity index (χ1v) is 16.9. The second-order valence-corrected chi connectivity index (χ2v) is 12.2. The van der Waals surface area contributed by atoms with Gasteiger partial charge in [0, 0.05) is 13.2 Å². The van der Waals surface area contributed by atoms with Crippen LogP contribution in [0.1, 0.15) is 44.7 Å². The second kappa shape index (κ2) is 19.3. The van der Waals surface area contributed by atoms with Crippen LogP contribution in [0.4, 0.5) is 0 Å². The van der Waals surface area contributed by atoms with E-state index in [9.17, 15) is 30.0 Å². The lowest BCUT2D eigenvalue weighted by molar-refractivity contribution is 0.0719. The number of esters is 2. The van der Waals surface area contributed by atoms with Gasteiger partial charge in [-0.1, -0.05) is 12.1 Å². The summed E-state index contributed by atoms with van der Waals surface area (Å²) in [4.78, 5) is 26.0. The maximum atomic E-state index is 13.0. The summed E-state index contributed by atoms with van der Waals surface area (Å²) in [7, 11) is 8.58. The summed E-state index contributed by atoms with van der Waals surface area (Å²) in [5, 5.41) is 41.8. The number of aliphatic hydroxyl groups excluding tert-OH is 2. The quantitative estimate of drug-likeness (QED) is 0.0707. The molecule has 54 heavy (non-hydrogen) atoms. The lowest BCUT2D eigenvalue weighted by atomic mass is 9.80. The van der Waals surface area contributed by atoms with Gasteiger partial charge in [0.25, 0.3) is 0 Å². The fraction of sp³-hybridized carbons (Fsp3) is 0.350. The zero-order valence-electron chi connectivity index (χ0n) is 31.0. The van der Waals surface area contributed by atoms with E-state index in [-0.39, 0.29) is 82.2 Å². The Hall–Kier alpha value is -5.86. The van der Waals surface area contributed by atoms with Gasteiger partial charge in [-0.15, -0.1) is 0 Å². The molecule has 14 heteroatoms. The highest BCUT2D eigenvalue weighted by Gasteiger charge is 2.25. The van der Waals surface area contributed by atoms with E-state index in [0.29, 0.717) is 48.3 Å². The van der Waals surface area contributed by atoms with Gasteiger partial charge < -0.3 is 58.3 Å². The number of carbonyl (C=O) groups excluding carboxylic acids is 2. The molecule has 0 aliphatic rings. The van der Waals surface area contributed by atoms with Crippen molar-refractivity contribution in [1.29, 1.82) is 0 Å². The molecule has 0 amide bonds. The Balaban J connectivity index is 1.47. The van der Waals surface area contributed by atoms with E-state index in [1.165, 1.54) is 91.2 Å². The Morgan fingerprint density at radius 2 is 0.926 bits per heavy atom. The minimum Gasteiger partial charge on any atom is -0.504 e. The van der Waals surface area contributed by atoms with E-state index in [0.717, 1.165) is 0 Å². The Bertz CT molecular complexity index is 1860. The summed E-state index contributed by atoms with van der Waals surface area (Å²) in [5.74, 6) is -1.02. The normalized spacial score (nSPS) is 11.9. The molecule has 0 heterocycles. The molecule has 0 bridgehead atoms. The van der Waals surface area contributed by atoms with E-state index >= 15 is 0 Å². The number of ether oxygens (including phenoxy) is 8. The van der Waals surface area contributed by atoms with Crippen molar-refractivity contribution >= 4 is 11.9 Å². The molecule has 0 aliphatic heterocycles. The molecule has 14 nitrogen and oxygen atoms in total. The van der Waals surface area contributed by atoms with Crippen molar-refractivity contribution in [3.63, 3.8) is 0 Å². The number of aliphatic hydroxyl groups is 2. The minimum absolute atomic E-state index is 0.0531. The van der Waals surface area contributed by atoms with Crippen molar-refractivity contribution in [2.45, 2.75) is 25.7 Å². The standard InChI is InChI=1S/C40H46O14/c1-47-33-18-26(19-34(48-2)37(33)51-5)39(45)53-31-11-9-23(16-29(31)43)14-25(8-7-13-41)28(22-42)15-24-10-12-32(30(44)17-24)54-40(46)27-20-35(49-3)38(52-6)36(21-27)50-4/h9-12,16-21,25,28,41-44H,7-8,13-15,22H2,1-6H3/t25-,28+/m0/s1. The van der Waals surface area contributed by atoms with Gasteiger partial charge in [0.1, 0.15) is 0 Å². The summed E-state index contributed by atoms with van der Waals surface area (Å²) >= 11 is 0. The molecular formula is C40H46O14. The van der Waals surface area contributed by atoms with Crippen molar-refractivity contribution in [2.75, 3.05) is 55.9 Å². The van der Waals surface area contributed by atoms with Gasteiger partial charge >= 0.3 is 11.9 Å². The van der Waals surface area contributed by atoms with Crippen LogP contribution in [-0.4, -0.2) is 88.2 Å². The third kappa shape index (κ3) is 9.76. The van der Waals surface area contributed by atoms with Crippen LogP contribution in [0.15, 0.2) is 60.7 Å². The molecule has 290 valence electrons. The van der Waals surface area contributed by atoms with Gasteiger partial charge in [-0.2, -0.15) is 0 Å². The predicted octanol–water partition coefficient (Wildman–Crippen LogP) is 5.37. The fourth-order valence-corrected chi connectivity index (χ4v) is 6.11. The van der Waals surface area contributed by atoms with E-state index in [4.69, 9.17) is 37.9 Å². The molecule has 0 spiro atoms. The molecule has 4 aromatic carbocycles. The van der Waals surface area contributed by atoms with Crippen molar-refractivity contribution in [3.8, 4) is 57.5 Å². The van der Waals surface area contributed by atoms with Crippen LogP contribution < -0.4 is 37.9 Å². The average molecular weight is 751 g/mol. The Morgan fingerprint density at radius 3 is 1.24 bits per heavy atom. The number of rotatable bonds is 19.